The van der Waals surface area contributed by atoms with Gasteiger partial charge in [-0.3, -0.25) is 15.1 Å². The zero-order valence-corrected chi connectivity index (χ0v) is 13.3. The average molecular weight is 307 g/mol. The molecular formula is C16H25N3O3. The average Bonchev–Trinajstić information content (AvgIpc) is 2.56. The monoisotopic (exact) mass is 307 g/mol. The number of hydrogen-bond donors (Lipinski definition) is 2. The van der Waals surface area contributed by atoms with Crippen molar-refractivity contribution < 1.29 is 14.3 Å². The molecule has 6 heteroatoms. The van der Waals surface area contributed by atoms with Crippen LogP contribution in [0.4, 0.5) is 0 Å². The summed E-state index contributed by atoms with van der Waals surface area (Å²) in [6, 6.07) is 5.98. The Bertz CT molecular complexity index is 507. The molecule has 1 fully saturated rings. The Balaban J connectivity index is 2.02. The predicted molar refractivity (Wildman–Crippen MR) is 84.5 cm³/mol. The molecule has 0 spiro atoms. The van der Waals surface area contributed by atoms with Crippen LogP contribution in [-0.4, -0.2) is 37.6 Å². The van der Waals surface area contributed by atoms with Gasteiger partial charge in [-0.2, -0.15) is 0 Å². The van der Waals surface area contributed by atoms with Gasteiger partial charge in [0.2, 0.25) is 5.91 Å². The van der Waals surface area contributed by atoms with Crippen LogP contribution >= 0.6 is 0 Å². The molecule has 0 aromatic heterocycles. The lowest BCUT2D eigenvalue weighted by atomic mass is 9.97. The molecule has 0 radical (unpaired) electrons. The van der Waals surface area contributed by atoms with Crippen molar-refractivity contribution in [2.75, 3.05) is 26.8 Å². The standard InChI is InChI=1S/C16H25N3O3/c1-3-22-14-7-6-12(9-15(14)21-2)10-19-8-4-5-13(11-19)16(20)18-17/h6-7,9,13H,3-5,8,10-11,17H2,1-2H3,(H,18,20). The van der Waals surface area contributed by atoms with Gasteiger partial charge in [-0.25, -0.2) is 5.84 Å². The maximum Gasteiger partial charge on any atom is 0.238 e. The van der Waals surface area contributed by atoms with Crippen molar-refractivity contribution in [1.82, 2.24) is 10.3 Å². The first-order valence-electron chi connectivity index (χ1n) is 7.70. The van der Waals surface area contributed by atoms with Crippen LogP contribution in [0.15, 0.2) is 18.2 Å². The fourth-order valence-corrected chi connectivity index (χ4v) is 2.87. The Hall–Kier alpha value is -1.79. The number of rotatable bonds is 6. The minimum Gasteiger partial charge on any atom is -0.493 e. The van der Waals surface area contributed by atoms with Gasteiger partial charge >= 0.3 is 0 Å². The fraction of sp³-hybridized carbons (Fsp3) is 0.562. The van der Waals surface area contributed by atoms with Gasteiger partial charge < -0.3 is 9.47 Å². The van der Waals surface area contributed by atoms with Crippen molar-refractivity contribution in [2.24, 2.45) is 11.8 Å². The van der Waals surface area contributed by atoms with Crippen LogP contribution in [0.3, 0.4) is 0 Å². The van der Waals surface area contributed by atoms with Gasteiger partial charge in [-0.1, -0.05) is 6.07 Å². The Morgan fingerprint density at radius 1 is 1.45 bits per heavy atom. The minimum absolute atomic E-state index is 0.0247. The number of ether oxygens (including phenoxy) is 2. The topological polar surface area (TPSA) is 76.8 Å². The zero-order valence-electron chi connectivity index (χ0n) is 13.3. The molecule has 1 unspecified atom stereocenters. The molecule has 3 N–H and O–H groups in total. The summed E-state index contributed by atoms with van der Waals surface area (Å²) in [5.41, 5.74) is 3.40. The van der Waals surface area contributed by atoms with Crippen LogP contribution in [0.1, 0.15) is 25.3 Å². The first kappa shape index (κ1) is 16.6. The highest BCUT2D eigenvalue weighted by atomic mass is 16.5. The highest BCUT2D eigenvalue weighted by Crippen LogP contribution is 2.29. The number of likely N-dealkylation sites (tertiary alicyclic amines) is 1. The Labute approximate surface area is 131 Å². The first-order valence-corrected chi connectivity index (χ1v) is 7.70. The number of benzene rings is 1. The van der Waals surface area contributed by atoms with E-state index < -0.39 is 0 Å². The van der Waals surface area contributed by atoms with Gasteiger partial charge in [0, 0.05) is 13.1 Å². The lowest BCUT2D eigenvalue weighted by Gasteiger charge is -2.31. The second-order valence-corrected chi connectivity index (χ2v) is 5.50. The summed E-state index contributed by atoms with van der Waals surface area (Å²) in [5, 5.41) is 0. The summed E-state index contributed by atoms with van der Waals surface area (Å²) < 4.78 is 10.9. The molecule has 1 heterocycles. The van der Waals surface area contributed by atoms with Crippen LogP contribution in [0.5, 0.6) is 11.5 Å². The Morgan fingerprint density at radius 3 is 2.95 bits per heavy atom. The van der Waals surface area contributed by atoms with Crippen molar-refractivity contribution in [1.29, 1.82) is 0 Å². The van der Waals surface area contributed by atoms with Gasteiger partial charge in [0.25, 0.3) is 0 Å². The fourth-order valence-electron chi connectivity index (χ4n) is 2.87. The number of amides is 1. The quantitative estimate of drug-likeness (QED) is 0.470. The molecule has 0 bridgehead atoms. The summed E-state index contributed by atoms with van der Waals surface area (Å²) in [5.74, 6) is 6.64. The van der Waals surface area contributed by atoms with Crippen LogP contribution < -0.4 is 20.7 Å². The third kappa shape index (κ3) is 4.11. The van der Waals surface area contributed by atoms with E-state index in [1.165, 1.54) is 0 Å². The third-order valence-electron chi connectivity index (χ3n) is 3.95. The zero-order chi connectivity index (χ0) is 15.9. The van der Waals surface area contributed by atoms with E-state index in [9.17, 15) is 4.79 Å². The Morgan fingerprint density at radius 2 is 2.27 bits per heavy atom. The Kier molecular flexibility index (Phi) is 6.03. The van der Waals surface area contributed by atoms with E-state index in [1.807, 2.05) is 25.1 Å². The molecule has 22 heavy (non-hydrogen) atoms. The van der Waals surface area contributed by atoms with Crippen LogP contribution in [0.25, 0.3) is 0 Å². The van der Waals surface area contributed by atoms with E-state index in [-0.39, 0.29) is 11.8 Å². The van der Waals surface area contributed by atoms with Crippen molar-refractivity contribution in [3.8, 4) is 11.5 Å². The number of nitrogens with two attached hydrogens (primary N) is 1. The molecule has 6 nitrogen and oxygen atoms in total. The van der Waals surface area contributed by atoms with Gasteiger partial charge in [0.05, 0.1) is 19.6 Å². The lowest BCUT2D eigenvalue weighted by molar-refractivity contribution is -0.126. The summed E-state index contributed by atoms with van der Waals surface area (Å²) in [6.07, 6.45) is 1.90. The molecule has 1 aliphatic rings. The highest BCUT2D eigenvalue weighted by molar-refractivity contribution is 5.78. The highest BCUT2D eigenvalue weighted by Gasteiger charge is 2.25. The van der Waals surface area contributed by atoms with E-state index in [4.69, 9.17) is 15.3 Å². The maximum atomic E-state index is 11.7. The smallest absolute Gasteiger partial charge is 0.238 e. The number of hydrazine groups is 1. The largest absolute Gasteiger partial charge is 0.493 e. The first-order chi connectivity index (χ1) is 10.7. The van der Waals surface area contributed by atoms with Gasteiger partial charge in [0.1, 0.15) is 0 Å². The SMILES string of the molecule is CCOc1ccc(CN2CCCC(C(=O)NN)C2)cc1OC. The number of hydrogen-bond acceptors (Lipinski definition) is 5. The summed E-state index contributed by atoms with van der Waals surface area (Å²) in [6.45, 7) is 5.07. The van der Waals surface area contributed by atoms with Crippen molar-refractivity contribution in [2.45, 2.75) is 26.3 Å². The summed E-state index contributed by atoms with van der Waals surface area (Å²) in [7, 11) is 1.64. The molecule has 1 saturated heterocycles. The van der Waals surface area contributed by atoms with Crippen LogP contribution in [0.2, 0.25) is 0 Å². The number of methoxy groups -OCH3 is 1. The number of carbonyl (C=O) groups excluding carboxylic acids is 1. The number of carbonyl (C=O) groups is 1. The predicted octanol–water partition coefficient (Wildman–Crippen LogP) is 1.30. The number of nitrogens with one attached hydrogen (secondary N) is 1. The molecule has 0 aliphatic carbocycles. The van der Waals surface area contributed by atoms with E-state index >= 15 is 0 Å². The molecule has 1 amide bonds. The summed E-state index contributed by atoms with van der Waals surface area (Å²) >= 11 is 0. The molecule has 0 saturated carbocycles. The van der Waals surface area contributed by atoms with Gasteiger partial charge in [0.15, 0.2) is 11.5 Å². The summed E-state index contributed by atoms with van der Waals surface area (Å²) in [4.78, 5) is 14.0. The third-order valence-corrected chi connectivity index (χ3v) is 3.95. The molecule has 1 atom stereocenters. The molecular weight excluding hydrogens is 282 g/mol. The molecule has 2 rings (SSSR count). The van der Waals surface area contributed by atoms with E-state index in [0.717, 1.165) is 49.5 Å². The van der Waals surface area contributed by atoms with Crippen molar-refractivity contribution in [3.05, 3.63) is 23.8 Å². The number of nitrogens with zero attached hydrogens (tertiary/aromatic N) is 1. The second kappa shape index (κ2) is 8.00. The lowest BCUT2D eigenvalue weighted by Crippen LogP contribution is -2.44. The van der Waals surface area contributed by atoms with Gasteiger partial charge in [-0.15, -0.1) is 0 Å². The van der Waals surface area contributed by atoms with E-state index in [1.54, 1.807) is 7.11 Å². The van der Waals surface area contributed by atoms with E-state index in [2.05, 4.69) is 10.3 Å². The van der Waals surface area contributed by atoms with Crippen molar-refractivity contribution in [3.63, 3.8) is 0 Å². The molecule has 122 valence electrons. The second-order valence-electron chi connectivity index (χ2n) is 5.50. The molecule has 1 aromatic carbocycles. The minimum atomic E-state index is -0.0750. The number of piperidine rings is 1. The van der Waals surface area contributed by atoms with Gasteiger partial charge in [-0.05, 0) is 44.0 Å². The van der Waals surface area contributed by atoms with Crippen molar-refractivity contribution >= 4 is 5.91 Å². The maximum absolute atomic E-state index is 11.7. The van der Waals surface area contributed by atoms with Crippen LogP contribution in [-0.2, 0) is 11.3 Å². The molecule has 1 aromatic rings. The van der Waals surface area contributed by atoms with Crippen LogP contribution in [0, 0.1) is 5.92 Å². The van der Waals surface area contributed by atoms with E-state index in [0.29, 0.717) is 6.61 Å². The molecule has 1 aliphatic heterocycles. The normalized spacial score (nSPS) is 18.8.